The molecule has 1 aromatic rings. The van der Waals surface area contributed by atoms with Crippen molar-refractivity contribution in [3.63, 3.8) is 0 Å². The van der Waals surface area contributed by atoms with Gasteiger partial charge in [-0.25, -0.2) is 4.79 Å². The lowest BCUT2D eigenvalue weighted by Gasteiger charge is -2.40. The number of nitrogens with two attached hydrogens (primary N) is 2. The van der Waals surface area contributed by atoms with Gasteiger partial charge in [0.05, 0.1) is 12.3 Å². The lowest BCUT2D eigenvalue weighted by atomic mass is 9.65. The fraction of sp³-hybridized carbons (Fsp3) is 0.600. The molecule has 3 rings (SSSR count). The highest BCUT2D eigenvalue weighted by atomic mass is 16.6. The van der Waals surface area contributed by atoms with Crippen LogP contribution in [-0.2, 0) is 14.3 Å². The molecule has 0 bridgehead atoms. The summed E-state index contributed by atoms with van der Waals surface area (Å²) in [5, 5.41) is 0. The Kier molecular flexibility index (Phi) is 11.0. The van der Waals surface area contributed by atoms with Crippen molar-refractivity contribution in [3.05, 3.63) is 41.5 Å². The predicted molar refractivity (Wildman–Crippen MR) is 142 cm³/mol. The van der Waals surface area contributed by atoms with Gasteiger partial charge in [0, 0.05) is 0 Å². The number of esters is 2. The van der Waals surface area contributed by atoms with Gasteiger partial charge in [0.25, 0.3) is 0 Å². The summed E-state index contributed by atoms with van der Waals surface area (Å²) in [5.41, 5.74) is 14.1. The topological polar surface area (TPSA) is 105 Å². The van der Waals surface area contributed by atoms with Crippen LogP contribution >= 0.6 is 0 Å². The SMILES string of the molecule is CC#CC(CC(=O)OC(=O)[C@@H](N)CCCCN)c1ccc(OCC2=CCCC3(CCCCC3)C2)cc1. The number of carbonyl (C=O) groups is 2. The molecule has 2 aliphatic carbocycles. The lowest BCUT2D eigenvalue weighted by molar-refractivity contribution is -0.160. The highest BCUT2D eigenvalue weighted by Crippen LogP contribution is 2.47. The second-order valence-corrected chi connectivity index (χ2v) is 10.3. The average Bonchev–Trinajstić information content (AvgIpc) is 2.88. The molecule has 0 radical (unpaired) electrons. The number of ether oxygens (including phenoxy) is 2. The largest absolute Gasteiger partial charge is 0.489 e. The number of hydrogen-bond donors (Lipinski definition) is 2. The minimum absolute atomic E-state index is 0.0166. The van der Waals surface area contributed by atoms with Crippen LogP contribution in [0.2, 0.25) is 0 Å². The molecule has 0 aromatic heterocycles. The number of hydrogen-bond acceptors (Lipinski definition) is 6. The predicted octanol–water partition coefficient (Wildman–Crippen LogP) is 5.15. The summed E-state index contributed by atoms with van der Waals surface area (Å²) in [6, 6.07) is 6.87. The van der Waals surface area contributed by atoms with Gasteiger partial charge in [0.1, 0.15) is 18.4 Å². The summed E-state index contributed by atoms with van der Waals surface area (Å²) in [6.45, 7) is 2.89. The van der Waals surface area contributed by atoms with Crippen LogP contribution in [0.1, 0.15) is 95.5 Å². The Bertz CT molecular complexity index is 951. The van der Waals surface area contributed by atoms with E-state index < -0.39 is 18.0 Å². The number of allylic oxidation sites excluding steroid dienone is 1. The molecular weight excluding hydrogens is 452 g/mol. The third-order valence-corrected chi connectivity index (χ3v) is 7.51. The van der Waals surface area contributed by atoms with E-state index >= 15 is 0 Å². The van der Waals surface area contributed by atoms with Crippen molar-refractivity contribution in [2.45, 2.75) is 95.9 Å². The van der Waals surface area contributed by atoms with Crippen molar-refractivity contribution < 1.29 is 19.1 Å². The van der Waals surface area contributed by atoms with Crippen molar-refractivity contribution in [1.29, 1.82) is 0 Å². The molecule has 0 amide bonds. The van der Waals surface area contributed by atoms with Crippen LogP contribution in [0.5, 0.6) is 5.75 Å². The quantitative estimate of drug-likeness (QED) is 0.145. The van der Waals surface area contributed by atoms with E-state index in [0.29, 0.717) is 25.0 Å². The second-order valence-electron chi connectivity index (χ2n) is 10.3. The first-order valence-electron chi connectivity index (χ1n) is 13.5. The van der Waals surface area contributed by atoms with Gasteiger partial charge in [-0.2, -0.15) is 0 Å². The highest BCUT2D eigenvalue weighted by Gasteiger charge is 2.34. The van der Waals surface area contributed by atoms with E-state index in [0.717, 1.165) is 37.0 Å². The van der Waals surface area contributed by atoms with Crippen LogP contribution in [0.3, 0.4) is 0 Å². The van der Waals surface area contributed by atoms with E-state index in [2.05, 4.69) is 17.9 Å². The van der Waals surface area contributed by atoms with E-state index in [1.807, 2.05) is 24.3 Å². The summed E-state index contributed by atoms with van der Waals surface area (Å²) in [7, 11) is 0. The molecule has 1 fully saturated rings. The molecule has 2 atom stereocenters. The molecule has 1 aromatic carbocycles. The van der Waals surface area contributed by atoms with Gasteiger partial charge >= 0.3 is 11.9 Å². The zero-order valence-corrected chi connectivity index (χ0v) is 21.7. The Labute approximate surface area is 216 Å². The summed E-state index contributed by atoms with van der Waals surface area (Å²) in [6.07, 6.45) is 14.7. The van der Waals surface area contributed by atoms with Gasteiger partial charge in [0.2, 0.25) is 0 Å². The third-order valence-electron chi connectivity index (χ3n) is 7.51. The molecule has 6 nitrogen and oxygen atoms in total. The molecule has 196 valence electrons. The Hall–Kier alpha value is -2.62. The number of carbonyl (C=O) groups excluding carboxylic acids is 2. The Morgan fingerprint density at radius 1 is 1.08 bits per heavy atom. The summed E-state index contributed by atoms with van der Waals surface area (Å²) < 4.78 is 11.1. The molecule has 6 heteroatoms. The highest BCUT2D eigenvalue weighted by molar-refractivity contribution is 5.88. The van der Waals surface area contributed by atoms with Crippen LogP contribution < -0.4 is 16.2 Å². The number of rotatable bonds is 11. The van der Waals surface area contributed by atoms with Crippen molar-refractivity contribution in [1.82, 2.24) is 0 Å². The van der Waals surface area contributed by atoms with Crippen LogP contribution in [0.4, 0.5) is 0 Å². The minimum atomic E-state index is -0.820. The molecular formula is C30H42N2O4. The lowest BCUT2D eigenvalue weighted by Crippen LogP contribution is -2.34. The molecule has 4 N–H and O–H groups in total. The van der Waals surface area contributed by atoms with Gasteiger partial charge in [-0.05, 0) is 87.1 Å². The fourth-order valence-corrected chi connectivity index (χ4v) is 5.48. The number of unbranched alkanes of at least 4 members (excludes halogenated alkanes) is 1. The van der Waals surface area contributed by atoms with E-state index in [9.17, 15) is 9.59 Å². The normalized spacial score (nSPS) is 18.4. The maximum atomic E-state index is 12.4. The monoisotopic (exact) mass is 494 g/mol. The van der Waals surface area contributed by atoms with Crippen molar-refractivity contribution >= 4 is 11.9 Å². The average molecular weight is 495 g/mol. The molecule has 36 heavy (non-hydrogen) atoms. The van der Waals surface area contributed by atoms with Gasteiger partial charge in [-0.3, -0.25) is 4.79 Å². The van der Waals surface area contributed by atoms with Gasteiger partial charge < -0.3 is 20.9 Å². The molecule has 1 unspecified atom stereocenters. The standard InChI is InChI=1S/C30H42N2O4/c1-2-9-25(20-28(33)36-29(34)27(32)11-4-7-19-31)24-12-14-26(15-13-24)35-22-23-10-8-18-30(21-23)16-5-3-6-17-30/h10,12-15,25,27H,3-8,11,16-22,31-32H2,1H3/t25?,27-/m0/s1. The van der Waals surface area contributed by atoms with Crippen LogP contribution in [0, 0.1) is 17.3 Å². The van der Waals surface area contributed by atoms with Crippen molar-refractivity contribution in [2.24, 2.45) is 16.9 Å². The third kappa shape index (κ3) is 8.50. The second kappa shape index (κ2) is 14.2. The molecule has 0 saturated heterocycles. The summed E-state index contributed by atoms with van der Waals surface area (Å²) >= 11 is 0. The molecule has 0 heterocycles. The Morgan fingerprint density at radius 2 is 1.83 bits per heavy atom. The Morgan fingerprint density at radius 3 is 2.53 bits per heavy atom. The van der Waals surface area contributed by atoms with E-state index in [4.69, 9.17) is 20.9 Å². The van der Waals surface area contributed by atoms with Gasteiger partial charge in [0.15, 0.2) is 0 Å². The van der Waals surface area contributed by atoms with Gasteiger partial charge in [-0.1, -0.05) is 49.8 Å². The first-order valence-corrected chi connectivity index (χ1v) is 13.5. The summed E-state index contributed by atoms with van der Waals surface area (Å²) in [5.74, 6) is 5.04. The van der Waals surface area contributed by atoms with Crippen LogP contribution in [0.25, 0.3) is 0 Å². The maximum absolute atomic E-state index is 12.4. The van der Waals surface area contributed by atoms with Crippen LogP contribution in [0.15, 0.2) is 35.9 Å². The van der Waals surface area contributed by atoms with Crippen molar-refractivity contribution in [2.75, 3.05) is 13.2 Å². The van der Waals surface area contributed by atoms with E-state index in [1.54, 1.807) is 6.92 Å². The first-order chi connectivity index (χ1) is 17.4. The minimum Gasteiger partial charge on any atom is -0.489 e. The summed E-state index contributed by atoms with van der Waals surface area (Å²) in [4.78, 5) is 24.5. The molecule has 1 saturated carbocycles. The maximum Gasteiger partial charge on any atom is 0.330 e. The number of benzene rings is 1. The first kappa shape index (κ1) is 28.0. The van der Waals surface area contributed by atoms with Gasteiger partial charge in [-0.15, -0.1) is 5.92 Å². The molecule has 2 aliphatic rings. The van der Waals surface area contributed by atoms with Crippen molar-refractivity contribution in [3.8, 4) is 17.6 Å². The molecule has 0 aliphatic heterocycles. The van der Waals surface area contributed by atoms with E-state index in [1.165, 1.54) is 44.1 Å². The Balaban J connectivity index is 1.50. The zero-order chi connectivity index (χ0) is 25.8. The van der Waals surface area contributed by atoms with E-state index in [-0.39, 0.29) is 12.3 Å². The smallest absolute Gasteiger partial charge is 0.330 e. The fourth-order valence-electron chi connectivity index (χ4n) is 5.48. The molecule has 1 spiro atoms. The van der Waals surface area contributed by atoms with Crippen LogP contribution in [-0.4, -0.2) is 31.1 Å². The zero-order valence-electron chi connectivity index (χ0n) is 21.7.